The van der Waals surface area contributed by atoms with E-state index in [-0.39, 0.29) is 5.91 Å². The van der Waals surface area contributed by atoms with E-state index in [9.17, 15) is 4.79 Å². The number of aryl methyl sites for hydroxylation is 2. The molecule has 0 heterocycles. The molecule has 0 saturated carbocycles. The highest BCUT2D eigenvalue weighted by atomic mass is 79.9. The number of halogens is 1. The molecule has 0 aliphatic carbocycles. The molecule has 2 nitrogen and oxygen atoms in total. The predicted molar refractivity (Wildman–Crippen MR) is 80.3 cm³/mol. The van der Waals surface area contributed by atoms with Crippen LogP contribution in [0.2, 0.25) is 0 Å². The van der Waals surface area contributed by atoms with Crippen LogP contribution in [0, 0.1) is 13.8 Å². The SMILES string of the molecule is Cc1ccc(CC(=O)NCCCCCBr)cc1C. The van der Waals surface area contributed by atoms with Crippen LogP contribution in [0.15, 0.2) is 18.2 Å². The van der Waals surface area contributed by atoms with Crippen molar-refractivity contribution in [3.8, 4) is 0 Å². The fourth-order valence-electron chi connectivity index (χ4n) is 1.79. The second-order valence-corrected chi connectivity index (χ2v) is 5.49. The van der Waals surface area contributed by atoms with Crippen molar-refractivity contribution in [3.05, 3.63) is 34.9 Å². The van der Waals surface area contributed by atoms with Gasteiger partial charge in [0.2, 0.25) is 5.91 Å². The summed E-state index contributed by atoms with van der Waals surface area (Å²) >= 11 is 3.40. The Morgan fingerprint density at radius 1 is 1.17 bits per heavy atom. The molecule has 0 aliphatic rings. The predicted octanol–water partition coefficient (Wildman–Crippen LogP) is 3.53. The molecule has 0 spiro atoms. The summed E-state index contributed by atoms with van der Waals surface area (Å²) in [5, 5.41) is 4.02. The van der Waals surface area contributed by atoms with Gasteiger partial charge < -0.3 is 5.32 Å². The van der Waals surface area contributed by atoms with Crippen molar-refractivity contribution < 1.29 is 4.79 Å². The largest absolute Gasteiger partial charge is 0.356 e. The zero-order valence-corrected chi connectivity index (χ0v) is 12.8. The van der Waals surface area contributed by atoms with Gasteiger partial charge in [-0.25, -0.2) is 0 Å². The average Bonchev–Trinajstić information content (AvgIpc) is 2.34. The number of carbonyl (C=O) groups excluding carboxylic acids is 1. The van der Waals surface area contributed by atoms with Crippen LogP contribution < -0.4 is 5.32 Å². The summed E-state index contributed by atoms with van der Waals surface area (Å²) in [4.78, 5) is 11.7. The first-order valence-corrected chi connectivity index (χ1v) is 7.64. The van der Waals surface area contributed by atoms with Gasteiger partial charge >= 0.3 is 0 Å². The number of hydrogen-bond acceptors (Lipinski definition) is 1. The maximum Gasteiger partial charge on any atom is 0.224 e. The summed E-state index contributed by atoms with van der Waals surface area (Å²) in [6, 6.07) is 6.21. The number of rotatable bonds is 7. The van der Waals surface area contributed by atoms with Crippen LogP contribution >= 0.6 is 15.9 Å². The third-order valence-corrected chi connectivity index (χ3v) is 3.63. The fourth-order valence-corrected chi connectivity index (χ4v) is 2.18. The van der Waals surface area contributed by atoms with Crippen molar-refractivity contribution in [1.29, 1.82) is 0 Å². The van der Waals surface area contributed by atoms with Crippen molar-refractivity contribution in [1.82, 2.24) is 5.32 Å². The maximum absolute atomic E-state index is 11.7. The van der Waals surface area contributed by atoms with Gasteiger partial charge in [0, 0.05) is 11.9 Å². The maximum atomic E-state index is 11.7. The Labute approximate surface area is 118 Å². The van der Waals surface area contributed by atoms with Crippen LogP contribution in [0.3, 0.4) is 0 Å². The highest BCUT2D eigenvalue weighted by molar-refractivity contribution is 9.09. The molecule has 1 rings (SSSR count). The van der Waals surface area contributed by atoms with E-state index in [1.54, 1.807) is 0 Å². The summed E-state index contributed by atoms with van der Waals surface area (Å²) in [5.74, 6) is 0.122. The van der Waals surface area contributed by atoms with Crippen LogP contribution in [-0.4, -0.2) is 17.8 Å². The summed E-state index contributed by atoms with van der Waals surface area (Å²) in [6.07, 6.45) is 3.88. The number of hydrogen-bond donors (Lipinski definition) is 1. The molecule has 18 heavy (non-hydrogen) atoms. The number of nitrogens with one attached hydrogen (secondary N) is 1. The highest BCUT2D eigenvalue weighted by Gasteiger charge is 2.03. The van der Waals surface area contributed by atoms with Crippen LogP contribution in [0.4, 0.5) is 0 Å². The molecule has 0 aromatic heterocycles. The normalized spacial score (nSPS) is 10.4. The van der Waals surface area contributed by atoms with E-state index in [2.05, 4.69) is 47.2 Å². The quantitative estimate of drug-likeness (QED) is 0.606. The Morgan fingerprint density at radius 3 is 2.61 bits per heavy atom. The lowest BCUT2D eigenvalue weighted by atomic mass is 10.0. The van der Waals surface area contributed by atoms with E-state index in [1.165, 1.54) is 17.5 Å². The third-order valence-electron chi connectivity index (χ3n) is 3.07. The van der Waals surface area contributed by atoms with Gasteiger partial charge in [-0.2, -0.15) is 0 Å². The molecule has 1 N–H and O–H groups in total. The Kier molecular flexibility index (Phi) is 7.02. The minimum atomic E-state index is 0.122. The molecule has 0 unspecified atom stereocenters. The number of carbonyl (C=O) groups is 1. The van der Waals surface area contributed by atoms with Crippen molar-refractivity contribution in [2.75, 3.05) is 11.9 Å². The minimum absolute atomic E-state index is 0.122. The lowest BCUT2D eigenvalue weighted by Gasteiger charge is -2.07. The first-order valence-electron chi connectivity index (χ1n) is 6.52. The van der Waals surface area contributed by atoms with Gasteiger partial charge in [0.25, 0.3) is 0 Å². The monoisotopic (exact) mass is 311 g/mol. The van der Waals surface area contributed by atoms with Gasteiger partial charge in [-0.15, -0.1) is 0 Å². The van der Waals surface area contributed by atoms with Crippen molar-refractivity contribution in [2.45, 2.75) is 39.5 Å². The summed E-state index contributed by atoms with van der Waals surface area (Å²) in [7, 11) is 0. The molecule has 0 bridgehead atoms. The molecule has 1 aromatic rings. The second kappa shape index (κ2) is 8.30. The van der Waals surface area contributed by atoms with Gasteiger partial charge in [-0.3, -0.25) is 4.79 Å². The van der Waals surface area contributed by atoms with Crippen LogP contribution in [0.5, 0.6) is 0 Å². The van der Waals surface area contributed by atoms with Crippen LogP contribution in [-0.2, 0) is 11.2 Å². The third kappa shape index (κ3) is 5.67. The molecule has 100 valence electrons. The van der Waals surface area contributed by atoms with Crippen LogP contribution in [0.1, 0.15) is 36.0 Å². The summed E-state index contributed by atoms with van der Waals surface area (Å²) in [5.41, 5.74) is 3.61. The topological polar surface area (TPSA) is 29.1 Å². The first kappa shape index (κ1) is 15.2. The van der Waals surface area contributed by atoms with Gasteiger partial charge in [0.1, 0.15) is 0 Å². The Bertz CT molecular complexity index is 390. The van der Waals surface area contributed by atoms with Gasteiger partial charge in [0.15, 0.2) is 0 Å². The Balaban J connectivity index is 2.29. The van der Waals surface area contributed by atoms with E-state index < -0.39 is 0 Å². The minimum Gasteiger partial charge on any atom is -0.356 e. The molecule has 1 amide bonds. The zero-order valence-electron chi connectivity index (χ0n) is 11.3. The summed E-state index contributed by atoms with van der Waals surface area (Å²) < 4.78 is 0. The molecule has 0 atom stereocenters. The van der Waals surface area contributed by atoms with E-state index >= 15 is 0 Å². The average molecular weight is 312 g/mol. The van der Waals surface area contributed by atoms with E-state index in [4.69, 9.17) is 0 Å². The molecule has 0 radical (unpaired) electrons. The molecule has 3 heteroatoms. The smallest absolute Gasteiger partial charge is 0.224 e. The van der Waals surface area contributed by atoms with E-state index in [0.29, 0.717) is 6.42 Å². The molecule has 0 fully saturated rings. The Hall–Kier alpha value is -0.830. The number of benzene rings is 1. The molecule has 1 aromatic carbocycles. The van der Waals surface area contributed by atoms with Gasteiger partial charge in [-0.1, -0.05) is 40.5 Å². The highest BCUT2D eigenvalue weighted by Crippen LogP contribution is 2.10. The van der Waals surface area contributed by atoms with Crippen molar-refractivity contribution in [2.24, 2.45) is 0 Å². The van der Waals surface area contributed by atoms with E-state index in [0.717, 1.165) is 30.3 Å². The van der Waals surface area contributed by atoms with Crippen molar-refractivity contribution >= 4 is 21.8 Å². The standard InChI is InChI=1S/C15H22BrNO/c1-12-6-7-14(10-13(12)2)11-15(18)17-9-5-3-4-8-16/h6-7,10H,3-5,8-9,11H2,1-2H3,(H,17,18). The summed E-state index contributed by atoms with van der Waals surface area (Å²) in [6.45, 7) is 4.96. The number of unbranched alkanes of at least 4 members (excludes halogenated alkanes) is 2. The molecular formula is C15H22BrNO. The van der Waals surface area contributed by atoms with Crippen LogP contribution in [0.25, 0.3) is 0 Å². The lowest BCUT2D eigenvalue weighted by molar-refractivity contribution is -0.120. The van der Waals surface area contributed by atoms with Gasteiger partial charge in [-0.05, 0) is 43.4 Å². The molecule has 0 aliphatic heterocycles. The first-order chi connectivity index (χ1) is 8.63. The van der Waals surface area contributed by atoms with E-state index in [1.807, 2.05) is 6.07 Å². The number of amides is 1. The van der Waals surface area contributed by atoms with Gasteiger partial charge in [0.05, 0.1) is 6.42 Å². The molecular weight excluding hydrogens is 290 g/mol. The number of alkyl halides is 1. The fraction of sp³-hybridized carbons (Fsp3) is 0.533. The van der Waals surface area contributed by atoms with Crippen molar-refractivity contribution in [3.63, 3.8) is 0 Å². The Morgan fingerprint density at radius 2 is 1.94 bits per heavy atom. The second-order valence-electron chi connectivity index (χ2n) is 4.69. The lowest BCUT2D eigenvalue weighted by Crippen LogP contribution is -2.26. The molecule has 0 saturated heterocycles. The zero-order chi connectivity index (χ0) is 13.4.